The Balaban J connectivity index is 1.87. The van der Waals surface area contributed by atoms with Gasteiger partial charge in [0, 0.05) is 29.4 Å². The summed E-state index contributed by atoms with van der Waals surface area (Å²) < 4.78 is 2.34. The summed E-state index contributed by atoms with van der Waals surface area (Å²) in [4.78, 5) is 23.6. The van der Waals surface area contributed by atoms with Crippen LogP contribution in [0.15, 0.2) is 75.1 Å². The highest BCUT2D eigenvalue weighted by Gasteiger charge is 2.21. The van der Waals surface area contributed by atoms with Crippen LogP contribution in [-0.2, 0) is 0 Å². The number of non-ortho nitro benzene ring substituents is 1. The first-order valence-electron chi connectivity index (χ1n) is 8.78. The van der Waals surface area contributed by atoms with Gasteiger partial charge in [-0.05, 0) is 23.4 Å². The molecule has 0 aliphatic rings. The van der Waals surface area contributed by atoms with Crippen LogP contribution < -0.4 is 0 Å². The van der Waals surface area contributed by atoms with E-state index in [1.807, 2.05) is 24.3 Å². The van der Waals surface area contributed by atoms with Crippen LogP contribution in [0.3, 0.4) is 0 Å². The fourth-order valence-corrected chi connectivity index (χ4v) is 6.39. The van der Waals surface area contributed by atoms with Crippen molar-refractivity contribution in [2.45, 2.75) is 27.0 Å². The Hall–Kier alpha value is -2.09. The number of thiophene rings is 1. The van der Waals surface area contributed by atoms with Crippen molar-refractivity contribution in [1.82, 2.24) is 0 Å². The number of thioether (sulfide) groups is 2. The number of hydrogen-bond acceptors (Lipinski definition) is 6. The van der Waals surface area contributed by atoms with Crippen LogP contribution in [0.25, 0.3) is 0 Å². The molecule has 0 amide bonds. The van der Waals surface area contributed by atoms with Gasteiger partial charge in [0.2, 0.25) is 0 Å². The molecule has 0 bridgehead atoms. The van der Waals surface area contributed by atoms with E-state index in [0.717, 1.165) is 15.5 Å². The van der Waals surface area contributed by atoms with Gasteiger partial charge in [0.15, 0.2) is 5.78 Å². The highest BCUT2D eigenvalue weighted by atomic mass is 32.2. The third kappa shape index (κ3) is 5.47. The quantitative estimate of drug-likeness (QED) is 0.161. The third-order valence-electron chi connectivity index (χ3n) is 4.02. The molecule has 3 rings (SSSR count). The molecule has 144 valence electrons. The van der Waals surface area contributed by atoms with Gasteiger partial charge in [-0.15, -0.1) is 34.9 Å². The van der Waals surface area contributed by atoms with E-state index in [-0.39, 0.29) is 23.1 Å². The standard InChI is InChI=1S/C21H19NO3S3/c1-2-26-20-11-12-21(28-20)27-19(14-18(23)15-7-4-3-5-8-15)16-9-6-10-17(13-16)22(24)25/h3-13,19H,2,14H2,1H3/t19-/m0/s1. The third-order valence-corrected chi connectivity index (χ3v) is 7.64. The Morgan fingerprint density at radius 3 is 2.54 bits per heavy atom. The molecule has 7 heteroatoms. The summed E-state index contributed by atoms with van der Waals surface area (Å²) >= 11 is 5.07. The molecular weight excluding hydrogens is 410 g/mol. The molecule has 1 atom stereocenters. The van der Waals surface area contributed by atoms with Gasteiger partial charge in [-0.3, -0.25) is 14.9 Å². The molecule has 0 spiro atoms. The van der Waals surface area contributed by atoms with Gasteiger partial charge in [0.25, 0.3) is 5.69 Å². The number of nitro benzene ring substituents is 1. The highest BCUT2D eigenvalue weighted by Crippen LogP contribution is 2.43. The van der Waals surface area contributed by atoms with Crippen LogP contribution in [-0.4, -0.2) is 16.5 Å². The number of benzene rings is 2. The maximum absolute atomic E-state index is 12.8. The summed E-state index contributed by atoms with van der Waals surface area (Å²) in [5.41, 5.74) is 1.50. The lowest BCUT2D eigenvalue weighted by atomic mass is 10.0. The number of Topliss-reactive ketones (excluding diaryl/α,β-unsaturated/α-hetero) is 1. The number of nitro groups is 1. The predicted molar refractivity (Wildman–Crippen MR) is 118 cm³/mol. The number of rotatable bonds is 9. The molecule has 0 N–H and O–H groups in total. The van der Waals surface area contributed by atoms with Gasteiger partial charge in [-0.1, -0.05) is 49.4 Å². The molecule has 0 saturated heterocycles. The minimum absolute atomic E-state index is 0.0318. The van der Waals surface area contributed by atoms with E-state index in [1.165, 1.54) is 10.3 Å². The summed E-state index contributed by atoms with van der Waals surface area (Å²) in [6.07, 6.45) is 0.282. The molecule has 1 heterocycles. The van der Waals surface area contributed by atoms with Gasteiger partial charge >= 0.3 is 0 Å². The summed E-state index contributed by atoms with van der Waals surface area (Å²) in [7, 11) is 0. The Morgan fingerprint density at radius 1 is 1.07 bits per heavy atom. The number of hydrogen-bond donors (Lipinski definition) is 0. The average Bonchev–Trinajstić information content (AvgIpc) is 3.15. The summed E-state index contributed by atoms with van der Waals surface area (Å²) in [5.74, 6) is 1.04. The van der Waals surface area contributed by atoms with Crippen molar-refractivity contribution in [3.8, 4) is 0 Å². The highest BCUT2D eigenvalue weighted by molar-refractivity contribution is 8.03. The molecule has 0 radical (unpaired) electrons. The minimum atomic E-state index is -0.397. The predicted octanol–water partition coefficient (Wildman–Crippen LogP) is 6.87. The molecule has 0 aliphatic heterocycles. The largest absolute Gasteiger partial charge is 0.294 e. The molecular formula is C21H19NO3S3. The number of carbonyl (C=O) groups is 1. The molecule has 4 nitrogen and oxygen atoms in total. The maximum atomic E-state index is 12.8. The molecule has 0 aliphatic carbocycles. The molecule has 0 unspecified atom stereocenters. The first kappa shape index (κ1) is 20.6. The second-order valence-corrected chi connectivity index (χ2v) is 10.1. The van der Waals surface area contributed by atoms with E-state index in [0.29, 0.717) is 5.56 Å². The van der Waals surface area contributed by atoms with Crippen LogP contribution in [0.4, 0.5) is 5.69 Å². The second-order valence-electron chi connectivity index (χ2n) is 5.96. The Morgan fingerprint density at radius 2 is 1.82 bits per heavy atom. The summed E-state index contributed by atoms with van der Waals surface area (Å²) in [5, 5.41) is 11.0. The second kappa shape index (κ2) is 9.91. The van der Waals surface area contributed by atoms with E-state index in [4.69, 9.17) is 0 Å². The van der Waals surface area contributed by atoms with Crippen molar-refractivity contribution in [2.24, 2.45) is 0 Å². The molecule has 28 heavy (non-hydrogen) atoms. The van der Waals surface area contributed by atoms with Gasteiger partial charge < -0.3 is 0 Å². The summed E-state index contributed by atoms with van der Waals surface area (Å²) in [6.45, 7) is 2.11. The Labute approximate surface area is 176 Å². The van der Waals surface area contributed by atoms with Crippen molar-refractivity contribution in [1.29, 1.82) is 0 Å². The van der Waals surface area contributed by atoms with Crippen LogP contribution in [0.2, 0.25) is 0 Å². The van der Waals surface area contributed by atoms with Crippen LogP contribution in [0, 0.1) is 10.1 Å². The van der Waals surface area contributed by atoms with Crippen LogP contribution in [0.5, 0.6) is 0 Å². The smallest absolute Gasteiger partial charge is 0.269 e. The monoisotopic (exact) mass is 429 g/mol. The van der Waals surface area contributed by atoms with Crippen molar-refractivity contribution in [3.05, 3.63) is 88.0 Å². The first-order valence-corrected chi connectivity index (χ1v) is 11.5. The van der Waals surface area contributed by atoms with Gasteiger partial charge in [-0.25, -0.2) is 0 Å². The molecule has 2 aromatic carbocycles. The van der Waals surface area contributed by atoms with Crippen molar-refractivity contribution in [3.63, 3.8) is 0 Å². The van der Waals surface area contributed by atoms with Crippen molar-refractivity contribution >= 4 is 46.3 Å². The lowest BCUT2D eigenvalue weighted by molar-refractivity contribution is -0.384. The fourth-order valence-electron chi connectivity index (χ4n) is 2.70. The maximum Gasteiger partial charge on any atom is 0.269 e. The molecule has 3 aromatic rings. The normalized spacial score (nSPS) is 11.9. The lowest BCUT2D eigenvalue weighted by Gasteiger charge is -2.15. The van der Waals surface area contributed by atoms with E-state index in [9.17, 15) is 14.9 Å². The topological polar surface area (TPSA) is 60.2 Å². The number of ketones is 1. The van der Waals surface area contributed by atoms with Gasteiger partial charge in [-0.2, -0.15) is 0 Å². The number of nitrogens with zero attached hydrogens (tertiary/aromatic N) is 1. The van der Waals surface area contributed by atoms with Crippen LogP contribution >= 0.6 is 34.9 Å². The SMILES string of the molecule is CCSc1ccc(S[C@@H](CC(=O)c2ccccc2)c2cccc([N+](=O)[O-])c2)s1. The molecule has 0 saturated carbocycles. The van der Waals surface area contributed by atoms with Gasteiger partial charge in [0.1, 0.15) is 0 Å². The summed E-state index contributed by atoms with van der Waals surface area (Å²) in [6, 6.07) is 19.9. The zero-order valence-corrected chi connectivity index (χ0v) is 17.7. The fraction of sp³-hybridized carbons (Fsp3) is 0.190. The average molecular weight is 430 g/mol. The number of carbonyl (C=O) groups excluding carboxylic acids is 1. The first-order chi connectivity index (χ1) is 13.6. The minimum Gasteiger partial charge on any atom is -0.294 e. The molecule has 1 aromatic heterocycles. The molecule has 0 fully saturated rings. The van der Waals surface area contributed by atoms with E-state index in [2.05, 4.69) is 19.1 Å². The van der Waals surface area contributed by atoms with E-state index < -0.39 is 4.92 Å². The van der Waals surface area contributed by atoms with Crippen LogP contribution in [0.1, 0.15) is 34.5 Å². The Kier molecular flexibility index (Phi) is 7.30. The van der Waals surface area contributed by atoms with Gasteiger partial charge in [0.05, 0.1) is 13.3 Å². The van der Waals surface area contributed by atoms with E-state index in [1.54, 1.807) is 59.1 Å². The zero-order valence-electron chi connectivity index (χ0n) is 15.2. The van der Waals surface area contributed by atoms with Crippen molar-refractivity contribution < 1.29 is 9.72 Å². The van der Waals surface area contributed by atoms with E-state index >= 15 is 0 Å². The zero-order chi connectivity index (χ0) is 19.9. The Bertz CT molecular complexity index is 956. The lowest BCUT2D eigenvalue weighted by Crippen LogP contribution is -2.05. The van der Waals surface area contributed by atoms with Crippen molar-refractivity contribution in [2.75, 3.05) is 5.75 Å².